The fourth-order valence-electron chi connectivity index (χ4n) is 3.55. The highest BCUT2D eigenvalue weighted by atomic mass is 32.1. The highest BCUT2D eigenvalue weighted by Gasteiger charge is 2.16. The standard InChI is InChI=1S/C24H15FN2O2S/c25-18-7-4-8-19(13-18)27-23(28)21-20(14-30-22(21)26-24(27)29)17-11-9-16(10-12-17)15-5-2-1-3-6-15/h1-14H,(H,26,29). The maximum absolute atomic E-state index is 13.7. The number of H-pyrrole nitrogens is 1. The fourth-order valence-corrected chi connectivity index (χ4v) is 4.51. The quantitative estimate of drug-likeness (QED) is 0.440. The molecule has 6 heteroatoms. The van der Waals surface area contributed by atoms with Gasteiger partial charge in [-0.15, -0.1) is 11.3 Å². The predicted molar refractivity (Wildman–Crippen MR) is 119 cm³/mol. The Balaban J connectivity index is 1.67. The van der Waals surface area contributed by atoms with E-state index in [1.807, 2.05) is 60.0 Å². The predicted octanol–water partition coefficient (Wildman–Crippen LogP) is 5.21. The number of rotatable bonds is 3. The number of benzene rings is 3. The largest absolute Gasteiger partial charge is 0.334 e. The first-order valence-electron chi connectivity index (χ1n) is 9.30. The molecule has 0 bridgehead atoms. The summed E-state index contributed by atoms with van der Waals surface area (Å²) in [7, 11) is 0. The molecular weight excluding hydrogens is 399 g/mol. The highest BCUT2D eigenvalue weighted by Crippen LogP contribution is 2.32. The van der Waals surface area contributed by atoms with Crippen LogP contribution in [-0.4, -0.2) is 9.55 Å². The number of nitrogens with one attached hydrogen (secondary N) is 1. The van der Waals surface area contributed by atoms with Gasteiger partial charge in [0.2, 0.25) is 0 Å². The number of halogens is 1. The molecule has 0 aliphatic heterocycles. The minimum Gasteiger partial charge on any atom is -0.298 e. The Morgan fingerprint density at radius 2 is 1.50 bits per heavy atom. The average Bonchev–Trinajstić information content (AvgIpc) is 3.19. The van der Waals surface area contributed by atoms with Crippen molar-refractivity contribution in [1.82, 2.24) is 9.55 Å². The van der Waals surface area contributed by atoms with Crippen molar-refractivity contribution >= 4 is 21.6 Å². The number of hydrogen-bond donors (Lipinski definition) is 1. The van der Waals surface area contributed by atoms with Gasteiger partial charge in [-0.1, -0.05) is 60.7 Å². The molecule has 5 rings (SSSR count). The van der Waals surface area contributed by atoms with Gasteiger partial charge in [-0.2, -0.15) is 0 Å². The molecule has 0 aliphatic carbocycles. The van der Waals surface area contributed by atoms with Gasteiger partial charge < -0.3 is 0 Å². The minimum atomic E-state index is -0.592. The van der Waals surface area contributed by atoms with Gasteiger partial charge in [0.25, 0.3) is 5.56 Å². The molecule has 3 aromatic carbocycles. The van der Waals surface area contributed by atoms with Crippen molar-refractivity contribution in [2.24, 2.45) is 0 Å². The molecule has 5 aromatic rings. The van der Waals surface area contributed by atoms with Crippen molar-refractivity contribution in [2.45, 2.75) is 0 Å². The SMILES string of the molecule is O=c1[nH]c2scc(-c3ccc(-c4ccccc4)cc3)c2c(=O)n1-c1cccc(F)c1. The Labute approximate surface area is 174 Å². The molecule has 1 N–H and O–H groups in total. The van der Waals surface area contributed by atoms with Crippen LogP contribution in [0.15, 0.2) is 93.8 Å². The van der Waals surface area contributed by atoms with Crippen LogP contribution in [0.1, 0.15) is 0 Å². The van der Waals surface area contributed by atoms with E-state index in [1.165, 1.54) is 35.6 Å². The number of hydrogen-bond acceptors (Lipinski definition) is 3. The van der Waals surface area contributed by atoms with Crippen LogP contribution < -0.4 is 11.2 Å². The van der Waals surface area contributed by atoms with Crippen molar-refractivity contribution in [3.8, 4) is 27.9 Å². The lowest BCUT2D eigenvalue weighted by Gasteiger charge is -2.07. The number of aromatic amines is 1. The minimum absolute atomic E-state index is 0.194. The third kappa shape index (κ3) is 3.07. The molecule has 2 aromatic heterocycles. The van der Waals surface area contributed by atoms with Crippen LogP contribution >= 0.6 is 11.3 Å². The second kappa shape index (κ2) is 7.24. The Morgan fingerprint density at radius 3 is 2.23 bits per heavy atom. The molecule has 146 valence electrons. The molecule has 2 heterocycles. The van der Waals surface area contributed by atoms with Crippen molar-refractivity contribution in [3.63, 3.8) is 0 Å². The van der Waals surface area contributed by atoms with E-state index in [1.54, 1.807) is 0 Å². The van der Waals surface area contributed by atoms with E-state index < -0.39 is 17.1 Å². The van der Waals surface area contributed by atoms with Gasteiger partial charge in [0.15, 0.2) is 0 Å². The van der Waals surface area contributed by atoms with E-state index in [4.69, 9.17) is 0 Å². The van der Waals surface area contributed by atoms with E-state index in [9.17, 15) is 14.0 Å². The zero-order chi connectivity index (χ0) is 20.7. The molecule has 4 nitrogen and oxygen atoms in total. The summed E-state index contributed by atoms with van der Waals surface area (Å²) in [5.74, 6) is -0.513. The van der Waals surface area contributed by atoms with Crippen LogP contribution in [0.25, 0.3) is 38.2 Å². The Bertz CT molecular complexity index is 1480. The highest BCUT2D eigenvalue weighted by molar-refractivity contribution is 7.17. The molecule has 0 saturated heterocycles. The normalized spacial score (nSPS) is 11.1. The van der Waals surface area contributed by atoms with Crippen molar-refractivity contribution in [1.29, 1.82) is 0 Å². The molecule has 0 unspecified atom stereocenters. The average molecular weight is 414 g/mol. The monoisotopic (exact) mass is 414 g/mol. The van der Waals surface area contributed by atoms with Crippen LogP contribution in [0.5, 0.6) is 0 Å². The summed E-state index contributed by atoms with van der Waals surface area (Å²) in [4.78, 5) is 29.0. The summed E-state index contributed by atoms with van der Waals surface area (Å²) in [6.07, 6.45) is 0. The molecule has 0 spiro atoms. The maximum atomic E-state index is 13.7. The maximum Gasteiger partial charge on any atom is 0.334 e. The number of aromatic nitrogens is 2. The Hall–Kier alpha value is -3.77. The molecule has 0 fully saturated rings. The van der Waals surface area contributed by atoms with E-state index in [0.29, 0.717) is 10.2 Å². The van der Waals surface area contributed by atoms with Crippen LogP contribution in [0, 0.1) is 5.82 Å². The van der Waals surface area contributed by atoms with Gasteiger partial charge in [-0.3, -0.25) is 9.78 Å². The van der Waals surface area contributed by atoms with Crippen LogP contribution in [0.4, 0.5) is 4.39 Å². The van der Waals surface area contributed by atoms with Crippen molar-refractivity contribution in [2.75, 3.05) is 0 Å². The fraction of sp³-hybridized carbons (Fsp3) is 0. The molecule has 30 heavy (non-hydrogen) atoms. The lowest BCUT2D eigenvalue weighted by atomic mass is 10.0. The van der Waals surface area contributed by atoms with Gasteiger partial charge in [0.05, 0.1) is 11.1 Å². The second-order valence-electron chi connectivity index (χ2n) is 6.85. The summed E-state index contributed by atoms with van der Waals surface area (Å²) >= 11 is 1.30. The lowest BCUT2D eigenvalue weighted by molar-refractivity contribution is 0.626. The third-order valence-electron chi connectivity index (χ3n) is 5.00. The first-order valence-corrected chi connectivity index (χ1v) is 10.2. The van der Waals surface area contributed by atoms with Crippen LogP contribution in [0.3, 0.4) is 0 Å². The second-order valence-corrected chi connectivity index (χ2v) is 7.73. The van der Waals surface area contributed by atoms with Crippen LogP contribution in [0.2, 0.25) is 0 Å². The molecule has 0 atom stereocenters. The summed E-state index contributed by atoms with van der Waals surface area (Å²) < 4.78 is 14.6. The summed E-state index contributed by atoms with van der Waals surface area (Å²) in [5.41, 5.74) is 2.92. The molecule has 0 radical (unpaired) electrons. The van der Waals surface area contributed by atoms with Crippen molar-refractivity contribution in [3.05, 3.63) is 111 Å². The Kier molecular flexibility index (Phi) is 4.41. The van der Waals surface area contributed by atoms with Gasteiger partial charge in [-0.25, -0.2) is 13.8 Å². The molecule has 0 amide bonds. The number of nitrogens with zero attached hydrogens (tertiary/aromatic N) is 1. The van der Waals surface area contributed by atoms with E-state index in [0.717, 1.165) is 26.8 Å². The summed E-state index contributed by atoms with van der Waals surface area (Å²) in [6.45, 7) is 0. The van der Waals surface area contributed by atoms with Gasteiger partial charge in [0.1, 0.15) is 10.6 Å². The van der Waals surface area contributed by atoms with E-state index in [-0.39, 0.29) is 5.69 Å². The number of thiophene rings is 1. The van der Waals surface area contributed by atoms with Gasteiger partial charge >= 0.3 is 5.69 Å². The van der Waals surface area contributed by atoms with Gasteiger partial charge in [-0.05, 0) is 34.9 Å². The first-order chi connectivity index (χ1) is 14.6. The zero-order valence-electron chi connectivity index (χ0n) is 15.6. The molecule has 0 saturated carbocycles. The Morgan fingerprint density at radius 1 is 0.800 bits per heavy atom. The van der Waals surface area contributed by atoms with Crippen molar-refractivity contribution < 1.29 is 4.39 Å². The lowest BCUT2D eigenvalue weighted by Crippen LogP contribution is -2.33. The summed E-state index contributed by atoms with van der Waals surface area (Å²) in [5, 5.41) is 2.27. The first kappa shape index (κ1) is 18.3. The smallest absolute Gasteiger partial charge is 0.298 e. The van der Waals surface area contributed by atoms with Gasteiger partial charge in [0, 0.05) is 10.9 Å². The van der Waals surface area contributed by atoms with Crippen LogP contribution in [-0.2, 0) is 0 Å². The number of fused-ring (bicyclic) bond motifs is 1. The third-order valence-corrected chi connectivity index (χ3v) is 5.90. The summed E-state index contributed by atoms with van der Waals surface area (Å²) in [6, 6.07) is 23.4. The zero-order valence-corrected chi connectivity index (χ0v) is 16.4. The topological polar surface area (TPSA) is 54.9 Å². The van der Waals surface area contributed by atoms with E-state index >= 15 is 0 Å². The molecule has 0 aliphatic rings. The van der Waals surface area contributed by atoms with E-state index in [2.05, 4.69) is 4.98 Å². The molecular formula is C24H15FN2O2S.